The highest BCUT2D eigenvalue weighted by Gasteiger charge is 2.19. The molecule has 470 valence electrons. The number of hydrogen-bond donors (Lipinski definition) is 0. The molecule has 0 radical (unpaired) electrons. The van der Waals surface area contributed by atoms with Crippen LogP contribution in [0, 0.1) is 0 Å². The fraction of sp³-hybridized carbons (Fsp3) is 0.649. The van der Waals surface area contributed by atoms with Crippen LogP contribution in [0.1, 0.15) is 303 Å². The van der Waals surface area contributed by atoms with Gasteiger partial charge in [0, 0.05) is 19.3 Å². The minimum atomic E-state index is -0.805. The van der Waals surface area contributed by atoms with Crippen LogP contribution >= 0.6 is 0 Å². The molecule has 0 aliphatic heterocycles. The highest BCUT2D eigenvalue weighted by atomic mass is 16.6. The number of carbonyl (C=O) groups excluding carboxylic acids is 3. The van der Waals surface area contributed by atoms with Gasteiger partial charge in [-0.25, -0.2) is 0 Å². The summed E-state index contributed by atoms with van der Waals surface area (Å²) in [6, 6.07) is 0. The van der Waals surface area contributed by atoms with Crippen LogP contribution in [0.4, 0.5) is 0 Å². The highest BCUT2D eigenvalue weighted by Crippen LogP contribution is 2.15. The van der Waals surface area contributed by atoms with E-state index in [0.717, 1.165) is 161 Å². The van der Waals surface area contributed by atoms with Crippen LogP contribution < -0.4 is 0 Å². The summed E-state index contributed by atoms with van der Waals surface area (Å²) in [4.78, 5) is 38.5. The van der Waals surface area contributed by atoms with E-state index in [1.807, 2.05) is 0 Å². The lowest BCUT2D eigenvalue weighted by Gasteiger charge is -2.18. The maximum absolute atomic E-state index is 13.0. The third-order valence-electron chi connectivity index (χ3n) is 14.3. The van der Waals surface area contributed by atoms with Crippen molar-refractivity contribution in [1.29, 1.82) is 0 Å². The fourth-order valence-corrected chi connectivity index (χ4v) is 9.23. The molecular formula is C77H126O6. The molecule has 1 atom stereocenters. The molecule has 0 aliphatic rings. The van der Waals surface area contributed by atoms with Crippen molar-refractivity contribution in [2.45, 2.75) is 309 Å². The number of unbranched alkanes of at least 4 members (excludes halogenated alkanes) is 26. The molecule has 1 unspecified atom stereocenters. The van der Waals surface area contributed by atoms with Gasteiger partial charge in [0.05, 0.1) is 0 Å². The second-order valence-corrected chi connectivity index (χ2v) is 22.3. The van der Waals surface area contributed by atoms with E-state index in [1.165, 1.54) is 103 Å². The first kappa shape index (κ1) is 78.3. The zero-order chi connectivity index (χ0) is 59.9. The van der Waals surface area contributed by atoms with Crippen molar-refractivity contribution in [3.05, 3.63) is 146 Å². The molecule has 6 heteroatoms. The van der Waals surface area contributed by atoms with Crippen molar-refractivity contribution in [2.24, 2.45) is 0 Å². The third-order valence-corrected chi connectivity index (χ3v) is 14.3. The molecule has 0 aromatic heterocycles. The Bertz CT molecular complexity index is 1800. The van der Waals surface area contributed by atoms with E-state index in [4.69, 9.17) is 14.2 Å². The fourth-order valence-electron chi connectivity index (χ4n) is 9.23. The van der Waals surface area contributed by atoms with Crippen molar-refractivity contribution in [3.8, 4) is 0 Å². The molecule has 0 saturated carbocycles. The van der Waals surface area contributed by atoms with Gasteiger partial charge >= 0.3 is 17.9 Å². The molecule has 0 N–H and O–H groups in total. The van der Waals surface area contributed by atoms with Gasteiger partial charge in [0.2, 0.25) is 0 Å². The quantitative estimate of drug-likeness (QED) is 0.0261. The number of ether oxygens (including phenoxy) is 3. The summed E-state index contributed by atoms with van der Waals surface area (Å²) >= 11 is 0. The van der Waals surface area contributed by atoms with Crippen LogP contribution in [0.15, 0.2) is 146 Å². The predicted octanol–water partition coefficient (Wildman–Crippen LogP) is 23.9. The minimum Gasteiger partial charge on any atom is -0.462 e. The van der Waals surface area contributed by atoms with Gasteiger partial charge in [-0.2, -0.15) is 0 Å². The van der Waals surface area contributed by atoms with Crippen LogP contribution in [-0.4, -0.2) is 37.2 Å². The predicted molar refractivity (Wildman–Crippen MR) is 362 cm³/mol. The Hall–Kier alpha value is -4.71. The maximum atomic E-state index is 13.0. The summed E-state index contributed by atoms with van der Waals surface area (Å²) in [7, 11) is 0. The molecule has 0 aromatic rings. The van der Waals surface area contributed by atoms with Crippen LogP contribution in [-0.2, 0) is 28.6 Å². The smallest absolute Gasteiger partial charge is 0.306 e. The zero-order valence-corrected chi connectivity index (χ0v) is 53.9. The Morgan fingerprint density at radius 1 is 0.253 bits per heavy atom. The van der Waals surface area contributed by atoms with Crippen molar-refractivity contribution in [2.75, 3.05) is 13.2 Å². The second-order valence-electron chi connectivity index (χ2n) is 22.3. The van der Waals surface area contributed by atoms with E-state index in [9.17, 15) is 14.4 Å². The molecule has 0 rings (SSSR count). The Morgan fingerprint density at radius 3 is 0.735 bits per heavy atom. The normalized spacial score (nSPS) is 13.0. The summed E-state index contributed by atoms with van der Waals surface area (Å²) in [5.74, 6) is -0.926. The monoisotopic (exact) mass is 1150 g/mol. The molecule has 83 heavy (non-hydrogen) atoms. The van der Waals surface area contributed by atoms with Crippen molar-refractivity contribution in [1.82, 2.24) is 0 Å². The first-order valence-corrected chi connectivity index (χ1v) is 34.3. The largest absolute Gasteiger partial charge is 0.462 e. The molecule has 0 saturated heterocycles. The molecule has 0 heterocycles. The molecule has 0 bridgehead atoms. The van der Waals surface area contributed by atoms with Gasteiger partial charge in [0.1, 0.15) is 13.2 Å². The number of rotatable bonds is 61. The molecule has 6 nitrogen and oxygen atoms in total. The van der Waals surface area contributed by atoms with Gasteiger partial charge < -0.3 is 14.2 Å². The first-order valence-electron chi connectivity index (χ1n) is 34.3. The van der Waals surface area contributed by atoms with Gasteiger partial charge in [-0.1, -0.05) is 289 Å². The average Bonchev–Trinajstić information content (AvgIpc) is 3.49. The van der Waals surface area contributed by atoms with Crippen LogP contribution in [0.5, 0.6) is 0 Å². The molecular weight excluding hydrogens is 1020 g/mol. The third kappa shape index (κ3) is 68.0. The Kier molecular flexibility index (Phi) is 65.8. The van der Waals surface area contributed by atoms with Crippen molar-refractivity contribution < 1.29 is 28.6 Å². The van der Waals surface area contributed by atoms with Crippen LogP contribution in [0.2, 0.25) is 0 Å². The van der Waals surface area contributed by atoms with Crippen LogP contribution in [0.25, 0.3) is 0 Å². The Labute approximate surface area is 512 Å². The summed E-state index contributed by atoms with van der Waals surface area (Å²) in [5.41, 5.74) is 0. The van der Waals surface area contributed by atoms with E-state index in [2.05, 4.69) is 167 Å². The lowest BCUT2D eigenvalue weighted by atomic mass is 10.1. The van der Waals surface area contributed by atoms with E-state index in [-0.39, 0.29) is 31.1 Å². The molecule has 0 aliphatic carbocycles. The standard InChI is InChI=1S/C77H126O6/c1-4-7-10-13-16-19-22-25-28-31-34-37-38-41-43-46-49-52-55-58-61-64-67-70-76(79)82-73-74(83-77(80)71-68-65-62-59-56-53-50-47-44-40-36-33-30-27-24-21-18-15-12-9-6-3)72-81-75(78)69-66-63-60-57-54-51-48-45-42-39-35-32-29-26-23-20-17-14-11-8-5-2/h8-9,11-12,17-18,20-22,25-27,29-31,34-36,38-41,47,50,74H,4-7,10,13-16,19,23-24,28,32-33,37,42-46,48-49,51-73H2,1-3H3/b11-8-,12-9-,20-17-,21-18-,25-22-,29-26-,30-27-,34-31-,39-35-,40-36-,41-38-,50-47-. The average molecular weight is 1150 g/mol. The van der Waals surface area contributed by atoms with Gasteiger partial charge in [-0.05, 0) is 141 Å². The molecule has 0 amide bonds. The number of allylic oxidation sites excluding steroid dienone is 24. The van der Waals surface area contributed by atoms with Crippen molar-refractivity contribution >= 4 is 17.9 Å². The topological polar surface area (TPSA) is 78.9 Å². The van der Waals surface area contributed by atoms with E-state index < -0.39 is 6.10 Å². The van der Waals surface area contributed by atoms with E-state index >= 15 is 0 Å². The van der Waals surface area contributed by atoms with Gasteiger partial charge in [0.25, 0.3) is 0 Å². The highest BCUT2D eigenvalue weighted by molar-refractivity contribution is 5.71. The molecule has 0 spiro atoms. The lowest BCUT2D eigenvalue weighted by Crippen LogP contribution is -2.30. The van der Waals surface area contributed by atoms with Gasteiger partial charge in [0.15, 0.2) is 6.10 Å². The lowest BCUT2D eigenvalue weighted by molar-refractivity contribution is -0.167. The van der Waals surface area contributed by atoms with Gasteiger partial charge in [-0.3, -0.25) is 14.4 Å². The number of esters is 3. The first-order chi connectivity index (χ1) is 41.0. The minimum absolute atomic E-state index is 0.0973. The van der Waals surface area contributed by atoms with Gasteiger partial charge in [-0.15, -0.1) is 0 Å². The summed E-state index contributed by atoms with van der Waals surface area (Å²) in [5, 5.41) is 0. The van der Waals surface area contributed by atoms with E-state index in [1.54, 1.807) is 0 Å². The molecule has 0 aromatic carbocycles. The summed E-state index contributed by atoms with van der Waals surface area (Å²) in [6.45, 7) is 6.39. The summed E-state index contributed by atoms with van der Waals surface area (Å²) in [6.07, 6.45) is 99.9. The zero-order valence-electron chi connectivity index (χ0n) is 53.9. The Balaban J connectivity index is 4.48. The maximum Gasteiger partial charge on any atom is 0.306 e. The second kappa shape index (κ2) is 69.8. The van der Waals surface area contributed by atoms with Crippen LogP contribution in [0.3, 0.4) is 0 Å². The SMILES string of the molecule is CC/C=C\C/C=C\C/C=C\C/C=C\C/C=C\CCCCCCCC(=O)OC(COC(=O)CCCCCCCCCC/C=C\C/C=C\C/C=C\C/C=C\CC)COC(=O)CCCCCCCCCC/C=C\C/C=C\C/C=C\CCCCCCC. The van der Waals surface area contributed by atoms with E-state index in [0.29, 0.717) is 19.3 Å². The number of hydrogen-bond acceptors (Lipinski definition) is 6. The summed E-state index contributed by atoms with van der Waals surface area (Å²) < 4.78 is 17.0. The number of carbonyl (C=O) groups is 3. The Morgan fingerprint density at radius 2 is 0.470 bits per heavy atom. The van der Waals surface area contributed by atoms with Crippen molar-refractivity contribution in [3.63, 3.8) is 0 Å². The molecule has 0 fully saturated rings.